The Hall–Kier alpha value is -1.71. The molecule has 15 heavy (non-hydrogen) atoms. The molecule has 1 aromatic rings. The second-order valence-electron chi connectivity index (χ2n) is 3.48. The summed E-state index contributed by atoms with van der Waals surface area (Å²) in [6, 6.07) is 7.64. The zero-order valence-corrected chi connectivity index (χ0v) is 8.99. The lowest BCUT2D eigenvalue weighted by Crippen LogP contribution is -2.33. The quantitative estimate of drug-likeness (QED) is 0.741. The summed E-state index contributed by atoms with van der Waals surface area (Å²) < 4.78 is 4.51. The van der Waals surface area contributed by atoms with Crippen molar-refractivity contribution in [1.29, 1.82) is 0 Å². The molecule has 0 spiro atoms. The first kappa shape index (κ1) is 11.4. The highest BCUT2D eigenvalue weighted by atomic mass is 16.5. The van der Waals surface area contributed by atoms with Crippen LogP contribution in [0.4, 0.5) is 10.5 Å². The number of hydrogen-bond acceptors (Lipinski definition) is 3. The van der Waals surface area contributed by atoms with Crippen LogP contribution < -0.4 is 11.1 Å². The SMILES string of the molecule is COC(=O)NC(C)Cc1ccc(N)cc1. The van der Waals surface area contributed by atoms with E-state index in [0.717, 1.165) is 17.7 Å². The van der Waals surface area contributed by atoms with E-state index in [2.05, 4.69) is 10.1 Å². The van der Waals surface area contributed by atoms with Crippen LogP contribution in [0.1, 0.15) is 12.5 Å². The predicted octanol–water partition coefficient (Wildman–Crippen LogP) is 1.56. The largest absolute Gasteiger partial charge is 0.453 e. The van der Waals surface area contributed by atoms with Crippen LogP contribution in [0.3, 0.4) is 0 Å². The topological polar surface area (TPSA) is 64.3 Å². The lowest BCUT2D eigenvalue weighted by Gasteiger charge is -2.12. The van der Waals surface area contributed by atoms with Crippen LogP contribution >= 0.6 is 0 Å². The molecule has 0 aliphatic heterocycles. The Kier molecular flexibility index (Phi) is 3.97. The molecular weight excluding hydrogens is 192 g/mol. The Morgan fingerprint density at radius 2 is 2.07 bits per heavy atom. The Bertz CT molecular complexity index is 322. The van der Waals surface area contributed by atoms with E-state index in [9.17, 15) is 4.79 Å². The lowest BCUT2D eigenvalue weighted by atomic mass is 10.1. The Morgan fingerprint density at radius 1 is 1.47 bits per heavy atom. The summed E-state index contributed by atoms with van der Waals surface area (Å²) >= 11 is 0. The molecular formula is C11H16N2O2. The number of ether oxygens (including phenoxy) is 1. The third-order valence-corrected chi connectivity index (χ3v) is 2.07. The number of anilines is 1. The molecule has 1 atom stereocenters. The van der Waals surface area contributed by atoms with Gasteiger partial charge in [0.2, 0.25) is 0 Å². The molecule has 1 unspecified atom stereocenters. The third-order valence-electron chi connectivity index (χ3n) is 2.07. The molecule has 0 aliphatic carbocycles. The van der Waals surface area contributed by atoms with Crippen LogP contribution in [0.5, 0.6) is 0 Å². The first-order valence-corrected chi connectivity index (χ1v) is 4.80. The van der Waals surface area contributed by atoms with E-state index in [1.165, 1.54) is 7.11 Å². The molecule has 1 amide bonds. The molecule has 1 rings (SSSR count). The maximum absolute atomic E-state index is 10.9. The van der Waals surface area contributed by atoms with E-state index in [4.69, 9.17) is 5.73 Å². The summed E-state index contributed by atoms with van der Waals surface area (Å²) in [5, 5.41) is 2.70. The van der Waals surface area contributed by atoms with Crippen molar-refractivity contribution in [3.8, 4) is 0 Å². The highest BCUT2D eigenvalue weighted by Gasteiger charge is 2.07. The van der Waals surface area contributed by atoms with E-state index in [-0.39, 0.29) is 6.04 Å². The number of methoxy groups -OCH3 is 1. The van der Waals surface area contributed by atoms with Gasteiger partial charge in [0.25, 0.3) is 0 Å². The minimum atomic E-state index is -0.405. The number of nitrogens with two attached hydrogens (primary N) is 1. The summed E-state index contributed by atoms with van der Waals surface area (Å²) in [6.45, 7) is 1.92. The molecule has 0 bridgehead atoms. The third kappa shape index (κ3) is 3.89. The number of amides is 1. The maximum Gasteiger partial charge on any atom is 0.407 e. The van der Waals surface area contributed by atoms with Gasteiger partial charge in [-0.2, -0.15) is 0 Å². The van der Waals surface area contributed by atoms with Gasteiger partial charge in [-0.15, -0.1) is 0 Å². The van der Waals surface area contributed by atoms with Crippen LogP contribution in [0.25, 0.3) is 0 Å². The molecule has 0 saturated heterocycles. The highest BCUT2D eigenvalue weighted by Crippen LogP contribution is 2.07. The Morgan fingerprint density at radius 3 is 2.60 bits per heavy atom. The molecule has 0 fully saturated rings. The van der Waals surface area contributed by atoms with Crippen LogP contribution in [0.15, 0.2) is 24.3 Å². The Labute approximate surface area is 89.4 Å². The standard InChI is InChI=1S/C11H16N2O2/c1-8(13-11(14)15-2)7-9-3-5-10(12)6-4-9/h3-6,8H,7,12H2,1-2H3,(H,13,14). The van der Waals surface area contributed by atoms with E-state index in [1.54, 1.807) is 0 Å². The van der Waals surface area contributed by atoms with Crippen LogP contribution in [0.2, 0.25) is 0 Å². The summed E-state index contributed by atoms with van der Waals surface area (Å²) in [5.41, 5.74) is 7.45. The summed E-state index contributed by atoms with van der Waals surface area (Å²) in [7, 11) is 1.35. The minimum absolute atomic E-state index is 0.0427. The average molecular weight is 208 g/mol. The van der Waals surface area contributed by atoms with Gasteiger partial charge in [0.15, 0.2) is 0 Å². The van der Waals surface area contributed by atoms with Gasteiger partial charge < -0.3 is 15.8 Å². The fourth-order valence-corrected chi connectivity index (χ4v) is 1.32. The van der Waals surface area contributed by atoms with E-state index in [0.29, 0.717) is 0 Å². The molecule has 0 heterocycles. The van der Waals surface area contributed by atoms with Gasteiger partial charge in [0.05, 0.1) is 7.11 Å². The summed E-state index contributed by atoms with van der Waals surface area (Å²) in [4.78, 5) is 10.9. The normalized spacial score (nSPS) is 11.9. The number of alkyl carbamates (subject to hydrolysis) is 1. The number of rotatable bonds is 3. The summed E-state index contributed by atoms with van der Waals surface area (Å²) in [5.74, 6) is 0. The minimum Gasteiger partial charge on any atom is -0.453 e. The fourth-order valence-electron chi connectivity index (χ4n) is 1.32. The van der Waals surface area contributed by atoms with Crippen molar-refractivity contribution in [1.82, 2.24) is 5.32 Å². The zero-order chi connectivity index (χ0) is 11.3. The number of carbonyl (C=O) groups excluding carboxylic acids is 1. The smallest absolute Gasteiger partial charge is 0.407 e. The van der Waals surface area contributed by atoms with E-state index >= 15 is 0 Å². The molecule has 4 heteroatoms. The van der Waals surface area contributed by atoms with Crippen LogP contribution in [-0.2, 0) is 11.2 Å². The monoisotopic (exact) mass is 208 g/mol. The molecule has 0 aromatic heterocycles. The number of hydrogen-bond donors (Lipinski definition) is 2. The van der Waals surface area contributed by atoms with Gasteiger partial charge in [0.1, 0.15) is 0 Å². The maximum atomic E-state index is 10.9. The molecule has 4 nitrogen and oxygen atoms in total. The van der Waals surface area contributed by atoms with Crippen LogP contribution in [0, 0.1) is 0 Å². The van der Waals surface area contributed by atoms with Crippen molar-refractivity contribution in [2.45, 2.75) is 19.4 Å². The van der Waals surface area contributed by atoms with Crippen LogP contribution in [-0.4, -0.2) is 19.2 Å². The molecule has 3 N–H and O–H groups in total. The number of nitrogen functional groups attached to an aromatic ring is 1. The Balaban J connectivity index is 2.47. The average Bonchev–Trinajstić information content (AvgIpc) is 2.21. The van der Waals surface area contributed by atoms with E-state index in [1.807, 2.05) is 31.2 Å². The zero-order valence-electron chi connectivity index (χ0n) is 8.99. The van der Waals surface area contributed by atoms with Gasteiger partial charge in [0, 0.05) is 11.7 Å². The molecule has 0 saturated carbocycles. The van der Waals surface area contributed by atoms with Crippen molar-refractivity contribution in [3.05, 3.63) is 29.8 Å². The van der Waals surface area contributed by atoms with Crippen molar-refractivity contribution in [2.75, 3.05) is 12.8 Å². The fraction of sp³-hybridized carbons (Fsp3) is 0.364. The van der Waals surface area contributed by atoms with Gasteiger partial charge >= 0.3 is 6.09 Å². The highest BCUT2D eigenvalue weighted by molar-refractivity contribution is 5.67. The van der Waals surface area contributed by atoms with Gasteiger partial charge in [-0.05, 0) is 31.0 Å². The van der Waals surface area contributed by atoms with Gasteiger partial charge in [-0.25, -0.2) is 4.79 Å². The van der Waals surface area contributed by atoms with Gasteiger partial charge in [-0.3, -0.25) is 0 Å². The number of benzene rings is 1. The number of nitrogens with one attached hydrogen (secondary N) is 1. The second-order valence-corrected chi connectivity index (χ2v) is 3.48. The predicted molar refractivity (Wildman–Crippen MR) is 59.6 cm³/mol. The van der Waals surface area contributed by atoms with Crippen molar-refractivity contribution in [3.63, 3.8) is 0 Å². The lowest BCUT2D eigenvalue weighted by molar-refractivity contribution is 0.167. The molecule has 1 aromatic carbocycles. The van der Waals surface area contributed by atoms with Crippen molar-refractivity contribution in [2.24, 2.45) is 0 Å². The van der Waals surface area contributed by atoms with Crippen molar-refractivity contribution < 1.29 is 9.53 Å². The number of carbonyl (C=O) groups is 1. The molecule has 0 aliphatic rings. The van der Waals surface area contributed by atoms with Gasteiger partial charge in [-0.1, -0.05) is 12.1 Å². The van der Waals surface area contributed by atoms with Crippen molar-refractivity contribution >= 4 is 11.8 Å². The first-order valence-electron chi connectivity index (χ1n) is 4.80. The molecule has 82 valence electrons. The molecule has 0 radical (unpaired) electrons. The second kappa shape index (κ2) is 5.24. The summed E-state index contributed by atoms with van der Waals surface area (Å²) in [6.07, 6.45) is 0.355. The van der Waals surface area contributed by atoms with E-state index < -0.39 is 6.09 Å². The first-order chi connectivity index (χ1) is 7.11.